The number of hydrogen-bond donors (Lipinski definition) is 0. The van der Waals surface area contributed by atoms with Crippen molar-refractivity contribution in [2.24, 2.45) is 0 Å². The molecular formula is C11H11ClN2. The SMILES string of the molecule is Cc1ccc(C)n1-c1ccnc(Cl)c1. The number of nitrogens with zero attached hydrogens (tertiary/aromatic N) is 2. The van der Waals surface area contributed by atoms with Crippen LogP contribution >= 0.6 is 11.6 Å². The maximum atomic E-state index is 5.84. The number of rotatable bonds is 1. The largest absolute Gasteiger partial charge is 0.318 e. The Morgan fingerprint density at radius 1 is 1.14 bits per heavy atom. The summed E-state index contributed by atoms with van der Waals surface area (Å²) in [6.45, 7) is 4.14. The van der Waals surface area contributed by atoms with E-state index in [1.807, 2.05) is 12.1 Å². The normalized spacial score (nSPS) is 10.5. The van der Waals surface area contributed by atoms with Gasteiger partial charge in [0.15, 0.2) is 0 Å². The Hall–Kier alpha value is -1.28. The van der Waals surface area contributed by atoms with Crippen molar-refractivity contribution in [3.8, 4) is 5.69 Å². The van der Waals surface area contributed by atoms with E-state index < -0.39 is 0 Å². The van der Waals surface area contributed by atoms with Gasteiger partial charge in [-0.2, -0.15) is 0 Å². The second kappa shape index (κ2) is 3.46. The van der Waals surface area contributed by atoms with Gasteiger partial charge >= 0.3 is 0 Å². The van der Waals surface area contributed by atoms with Crippen molar-refractivity contribution in [2.45, 2.75) is 13.8 Å². The molecular weight excluding hydrogens is 196 g/mol. The Morgan fingerprint density at radius 3 is 2.36 bits per heavy atom. The van der Waals surface area contributed by atoms with Crippen LogP contribution in [0.3, 0.4) is 0 Å². The first kappa shape index (κ1) is 9.28. The summed E-state index contributed by atoms with van der Waals surface area (Å²) in [6, 6.07) is 7.99. The standard InChI is InChI=1S/C11H11ClN2/c1-8-3-4-9(2)14(8)10-5-6-13-11(12)7-10/h3-7H,1-2H3. The molecule has 0 bridgehead atoms. The van der Waals surface area contributed by atoms with Gasteiger partial charge < -0.3 is 4.57 Å². The first-order valence-corrected chi connectivity index (χ1v) is 4.83. The lowest BCUT2D eigenvalue weighted by Crippen LogP contribution is -1.98. The van der Waals surface area contributed by atoms with E-state index in [-0.39, 0.29) is 0 Å². The van der Waals surface area contributed by atoms with Crippen molar-refractivity contribution in [3.63, 3.8) is 0 Å². The van der Waals surface area contributed by atoms with E-state index in [2.05, 4.69) is 35.5 Å². The van der Waals surface area contributed by atoms with Crippen molar-refractivity contribution in [1.29, 1.82) is 0 Å². The lowest BCUT2D eigenvalue weighted by molar-refractivity contribution is 0.961. The summed E-state index contributed by atoms with van der Waals surface area (Å²) < 4.78 is 2.15. The zero-order chi connectivity index (χ0) is 10.1. The maximum Gasteiger partial charge on any atom is 0.131 e. The smallest absolute Gasteiger partial charge is 0.131 e. The highest BCUT2D eigenvalue weighted by atomic mass is 35.5. The number of hydrogen-bond acceptors (Lipinski definition) is 1. The zero-order valence-electron chi connectivity index (χ0n) is 8.16. The van der Waals surface area contributed by atoms with Crippen LogP contribution in [0.15, 0.2) is 30.5 Å². The van der Waals surface area contributed by atoms with Gasteiger partial charge in [0, 0.05) is 17.6 Å². The van der Waals surface area contributed by atoms with Crippen LogP contribution < -0.4 is 0 Å². The first-order chi connectivity index (χ1) is 6.68. The van der Waals surface area contributed by atoms with Gasteiger partial charge in [0.25, 0.3) is 0 Å². The molecule has 0 unspecified atom stereocenters. The van der Waals surface area contributed by atoms with Crippen LogP contribution in [0.25, 0.3) is 5.69 Å². The fraction of sp³-hybridized carbons (Fsp3) is 0.182. The molecule has 0 aliphatic carbocycles. The number of aromatic nitrogens is 2. The van der Waals surface area contributed by atoms with Crippen LogP contribution in [0.2, 0.25) is 5.15 Å². The van der Waals surface area contributed by atoms with Gasteiger partial charge in [-0.25, -0.2) is 4.98 Å². The van der Waals surface area contributed by atoms with Crippen LogP contribution in [0, 0.1) is 13.8 Å². The molecule has 0 aliphatic rings. The monoisotopic (exact) mass is 206 g/mol. The molecule has 0 saturated heterocycles. The average Bonchev–Trinajstić information content (AvgIpc) is 2.46. The molecule has 14 heavy (non-hydrogen) atoms. The highest BCUT2D eigenvalue weighted by molar-refractivity contribution is 6.29. The van der Waals surface area contributed by atoms with Crippen molar-refractivity contribution in [3.05, 3.63) is 47.0 Å². The molecule has 0 amide bonds. The second-order valence-electron chi connectivity index (χ2n) is 3.29. The predicted octanol–water partition coefficient (Wildman–Crippen LogP) is 3.14. The summed E-state index contributed by atoms with van der Waals surface area (Å²) in [4.78, 5) is 3.96. The molecule has 0 fully saturated rings. The minimum atomic E-state index is 0.523. The molecule has 72 valence electrons. The molecule has 0 N–H and O–H groups in total. The molecule has 2 nitrogen and oxygen atoms in total. The van der Waals surface area contributed by atoms with Crippen molar-refractivity contribution >= 4 is 11.6 Å². The number of pyridine rings is 1. The highest BCUT2D eigenvalue weighted by Gasteiger charge is 2.03. The Kier molecular flexibility index (Phi) is 2.30. The van der Waals surface area contributed by atoms with Gasteiger partial charge in [0.2, 0.25) is 0 Å². The summed E-state index contributed by atoms with van der Waals surface area (Å²) in [5.41, 5.74) is 3.46. The first-order valence-electron chi connectivity index (χ1n) is 4.45. The van der Waals surface area contributed by atoms with E-state index in [0.717, 1.165) is 5.69 Å². The molecule has 0 spiro atoms. The molecule has 2 aromatic rings. The Balaban J connectivity index is 2.59. The maximum absolute atomic E-state index is 5.84. The number of aryl methyl sites for hydroxylation is 2. The van der Waals surface area contributed by atoms with Crippen LogP contribution in [-0.2, 0) is 0 Å². The molecule has 0 aromatic carbocycles. The minimum Gasteiger partial charge on any atom is -0.318 e. The lowest BCUT2D eigenvalue weighted by atomic mass is 10.3. The van der Waals surface area contributed by atoms with E-state index in [1.54, 1.807) is 6.20 Å². The Morgan fingerprint density at radius 2 is 1.79 bits per heavy atom. The van der Waals surface area contributed by atoms with Gasteiger partial charge in [0.05, 0.1) is 5.69 Å². The summed E-state index contributed by atoms with van der Waals surface area (Å²) in [6.07, 6.45) is 1.72. The van der Waals surface area contributed by atoms with Crippen LogP contribution in [0.5, 0.6) is 0 Å². The van der Waals surface area contributed by atoms with Gasteiger partial charge in [-0.3, -0.25) is 0 Å². The van der Waals surface area contributed by atoms with Crippen molar-refractivity contribution < 1.29 is 0 Å². The van der Waals surface area contributed by atoms with Crippen LogP contribution in [-0.4, -0.2) is 9.55 Å². The van der Waals surface area contributed by atoms with E-state index in [9.17, 15) is 0 Å². The van der Waals surface area contributed by atoms with E-state index in [0.29, 0.717) is 5.15 Å². The van der Waals surface area contributed by atoms with E-state index in [1.165, 1.54) is 11.4 Å². The quantitative estimate of drug-likeness (QED) is 0.656. The van der Waals surface area contributed by atoms with E-state index >= 15 is 0 Å². The van der Waals surface area contributed by atoms with Crippen molar-refractivity contribution in [2.75, 3.05) is 0 Å². The Bertz CT molecular complexity index is 441. The summed E-state index contributed by atoms with van der Waals surface area (Å²) in [5, 5.41) is 0.523. The molecule has 0 radical (unpaired) electrons. The molecule has 3 heteroatoms. The summed E-state index contributed by atoms with van der Waals surface area (Å²) >= 11 is 5.84. The molecule has 0 atom stereocenters. The molecule has 0 saturated carbocycles. The predicted molar refractivity (Wildman–Crippen MR) is 58.0 cm³/mol. The topological polar surface area (TPSA) is 17.8 Å². The van der Waals surface area contributed by atoms with Crippen LogP contribution in [0.4, 0.5) is 0 Å². The van der Waals surface area contributed by atoms with Crippen molar-refractivity contribution in [1.82, 2.24) is 9.55 Å². The van der Waals surface area contributed by atoms with Crippen LogP contribution in [0.1, 0.15) is 11.4 Å². The minimum absolute atomic E-state index is 0.523. The Labute approximate surface area is 88.2 Å². The summed E-state index contributed by atoms with van der Waals surface area (Å²) in [5.74, 6) is 0. The third kappa shape index (κ3) is 1.53. The molecule has 2 rings (SSSR count). The fourth-order valence-electron chi connectivity index (χ4n) is 1.61. The highest BCUT2D eigenvalue weighted by Crippen LogP contribution is 2.17. The molecule has 0 aliphatic heterocycles. The lowest BCUT2D eigenvalue weighted by Gasteiger charge is -2.08. The third-order valence-electron chi connectivity index (χ3n) is 2.24. The van der Waals surface area contributed by atoms with Gasteiger partial charge in [-0.05, 0) is 38.1 Å². The second-order valence-corrected chi connectivity index (χ2v) is 3.68. The van der Waals surface area contributed by atoms with Gasteiger partial charge in [-0.15, -0.1) is 0 Å². The number of halogens is 1. The van der Waals surface area contributed by atoms with Gasteiger partial charge in [-0.1, -0.05) is 11.6 Å². The zero-order valence-corrected chi connectivity index (χ0v) is 8.92. The fourth-order valence-corrected chi connectivity index (χ4v) is 1.78. The third-order valence-corrected chi connectivity index (χ3v) is 2.45. The molecule has 2 heterocycles. The average molecular weight is 207 g/mol. The molecule has 2 aromatic heterocycles. The van der Waals surface area contributed by atoms with Gasteiger partial charge in [0.1, 0.15) is 5.15 Å². The van der Waals surface area contributed by atoms with E-state index in [4.69, 9.17) is 11.6 Å². The summed E-state index contributed by atoms with van der Waals surface area (Å²) in [7, 11) is 0.